The number of aliphatic hydroxyl groups is 1. The van der Waals surface area contributed by atoms with E-state index >= 15 is 0 Å². The van der Waals surface area contributed by atoms with Crippen LogP contribution in [0.25, 0.3) is 0 Å². The maximum atomic E-state index is 10.5. The van der Waals surface area contributed by atoms with E-state index in [-0.39, 0.29) is 16.9 Å². The SMILES string of the molecule is CCC(C)n1ccc(CC(O)C2C(C)(C)C2(C)C)n1. The molecule has 1 aliphatic carbocycles. The summed E-state index contributed by atoms with van der Waals surface area (Å²) in [5.41, 5.74) is 1.46. The number of rotatable bonds is 5. The Morgan fingerprint density at radius 2 is 1.89 bits per heavy atom. The molecule has 2 unspecified atom stereocenters. The topological polar surface area (TPSA) is 38.0 Å². The Balaban J connectivity index is 2.01. The normalized spacial score (nSPS) is 24.2. The lowest BCUT2D eigenvalue weighted by molar-refractivity contribution is 0.128. The van der Waals surface area contributed by atoms with Crippen molar-refractivity contribution in [2.75, 3.05) is 0 Å². The van der Waals surface area contributed by atoms with Crippen molar-refractivity contribution in [3.8, 4) is 0 Å². The van der Waals surface area contributed by atoms with Gasteiger partial charge in [0.1, 0.15) is 0 Å². The van der Waals surface area contributed by atoms with Crippen LogP contribution in [-0.2, 0) is 6.42 Å². The molecule has 1 saturated carbocycles. The first-order valence-electron chi connectivity index (χ1n) is 7.44. The van der Waals surface area contributed by atoms with Gasteiger partial charge in [0.25, 0.3) is 0 Å². The van der Waals surface area contributed by atoms with Gasteiger partial charge in [-0.3, -0.25) is 4.68 Å². The monoisotopic (exact) mass is 264 g/mol. The Morgan fingerprint density at radius 3 is 2.37 bits per heavy atom. The fraction of sp³-hybridized carbons (Fsp3) is 0.812. The zero-order valence-corrected chi connectivity index (χ0v) is 13.1. The number of nitrogens with zero attached hydrogens (tertiary/aromatic N) is 2. The molecule has 3 nitrogen and oxygen atoms in total. The highest BCUT2D eigenvalue weighted by molar-refractivity contribution is 5.16. The molecule has 0 radical (unpaired) electrons. The van der Waals surface area contributed by atoms with Gasteiger partial charge in [0, 0.05) is 18.7 Å². The van der Waals surface area contributed by atoms with Crippen LogP contribution in [0, 0.1) is 16.7 Å². The summed E-state index contributed by atoms with van der Waals surface area (Å²) < 4.78 is 2.01. The summed E-state index contributed by atoms with van der Waals surface area (Å²) in [4.78, 5) is 0. The Kier molecular flexibility index (Phi) is 3.54. The molecule has 1 N–H and O–H groups in total. The molecule has 0 spiro atoms. The molecule has 0 saturated heterocycles. The third kappa shape index (κ3) is 2.33. The van der Waals surface area contributed by atoms with E-state index < -0.39 is 0 Å². The highest BCUT2D eigenvalue weighted by Crippen LogP contribution is 2.69. The summed E-state index contributed by atoms with van der Waals surface area (Å²) in [6.07, 6.45) is 3.48. The van der Waals surface area contributed by atoms with Crippen molar-refractivity contribution in [2.45, 2.75) is 66.5 Å². The van der Waals surface area contributed by atoms with Gasteiger partial charge in [-0.2, -0.15) is 5.10 Å². The number of hydrogen-bond donors (Lipinski definition) is 1. The van der Waals surface area contributed by atoms with Crippen LogP contribution >= 0.6 is 0 Å². The molecule has 1 aromatic rings. The van der Waals surface area contributed by atoms with E-state index in [9.17, 15) is 5.11 Å². The first kappa shape index (κ1) is 14.6. The smallest absolute Gasteiger partial charge is 0.0650 e. The Hall–Kier alpha value is -0.830. The fourth-order valence-corrected chi connectivity index (χ4v) is 3.46. The minimum Gasteiger partial charge on any atom is -0.392 e. The standard InChI is InChI=1S/C16H28N2O/c1-7-11(2)18-9-8-12(17-18)10-13(19)14-15(3,4)16(14,5)6/h8-9,11,13-14,19H,7,10H2,1-6H3. The number of aliphatic hydroxyl groups excluding tert-OH is 1. The van der Waals surface area contributed by atoms with Crippen LogP contribution in [0.15, 0.2) is 12.3 Å². The average Bonchev–Trinajstić information content (AvgIpc) is 2.69. The molecular formula is C16H28N2O. The summed E-state index contributed by atoms with van der Waals surface area (Å²) >= 11 is 0. The quantitative estimate of drug-likeness (QED) is 0.884. The van der Waals surface area contributed by atoms with Gasteiger partial charge < -0.3 is 5.11 Å². The van der Waals surface area contributed by atoms with Crippen LogP contribution in [0.4, 0.5) is 0 Å². The lowest BCUT2D eigenvalue weighted by Crippen LogP contribution is -2.18. The predicted molar refractivity (Wildman–Crippen MR) is 78.0 cm³/mol. The van der Waals surface area contributed by atoms with Crippen LogP contribution in [0.2, 0.25) is 0 Å². The van der Waals surface area contributed by atoms with Crippen molar-refractivity contribution in [1.29, 1.82) is 0 Å². The van der Waals surface area contributed by atoms with E-state index in [2.05, 4.69) is 46.6 Å². The third-order valence-electron chi connectivity index (χ3n) is 5.64. The summed E-state index contributed by atoms with van der Waals surface area (Å²) in [5, 5.41) is 15.1. The Morgan fingerprint density at radius 1 is 1.32 bits per heavy atom. The van der Waals surface area contributed by atoms with E-state index in [0.717, 1.165) is 12.1 Å². The van der Waals surface area contributed by atoms with Crippen molar-refractivity contribution in [2.24, 2.45) is 16.7 Å². The van der Waals surface area contributed by atoms with Gasteiger partial charge >= 0.3 is 0 Å². The maximum absolute atomic E-state index is 10.5. The van der Waals surface area contributed by atoms with Crippen molar-refractivity contribution < 1.29 is 5.11 Å². The van der Waals surface area contributed by atoms with Gasteiger partial charge in [-0.05, 0) is 36.2 Å². The van der Waals surface area contributed by atoms with Gasteiger partial charge in [0.2, 0.25) is 0 Å². The van der Waals surface area contributed by atoms with Crippen molar-refractivity contribution in [3.05, 3.63) is 18.0 Å². The molecular weight excluding hydrogens is 236 g/mol. The summed E-state index contributed by atoms with van der Waals surface area (Å²) in [5.74, 6) is 0.369. The molecule has 1 heterocycles. The van der Waals surface area contributed by atoms with Gasteiger partial charge in [0.15, 0.2) is 0 Å². The molecule has 0 amide bonds. The summed E-state index contributed by atoms with van der Waals surface area (Å²) in [7, 11) is 0. The van der Waals surface area contributed by atoms with Crippen LogP contribution in [0.5, 0.6) is 0 Å². The van der Waals surface area contributed by atoms with Crippen molar-refractivity contribution in [1.82, 2.24) is 9.78 Å². The lowest BCUT2D eigenvalue weighted by atomic mass is 10.0. The molecule has 1 aliphatic rings. The summed E-state index contributed by atoms with van der Waals surface area (Å²) in [6, 6.07) is 2.47. The molecule has 0 aromatic carbocycles. The summed E-state index contributed by atoms with van der Waals surface area (Å²) in [6.45, 7) is 13.3. The molecule has 108 valence electrons. The van der Waals surface area contributed by atoms with Gasteiger partial charge in [-0.1, -0.05) is 34.6 Å². The largest absolute Gasteiger partial charge is 0.392 e. The van der Waals surface area contributed by atoms with Crippen LogP contribution in [0.1, 0.15) is 59.7 Å². The highest BCUT2D eigenvalue weighted by atomic mass is 16.3. The molecule has 3 heteroatoms. The zero-order valence-electron chi connectivity index (χ0n) is 13.1. The second-order valence-corrected chi connectivity index (χ2v) is 7.24. The number of hydrogen-bond acceptors (Lipinski definition) is 2. The molecule has 19 heavy (non-hydrogen) atoms. The van der Waals surface area contributed by atoms with Crippen molar-refractivity contribution in [3.63, 3.8) is 0 Å². The van der Waals surface area contributed by atoms with E-state index in [1.165, 1.54) is 0 Å². The molecule has 1 aromatic heterocycles. The van der Waals surface area contributed by atoms with Gasteiger partial charge in [0.05, 0.1) is 11.8 Å². The van der Waals surface area contributed by atoms with Gasteiger partial charge in [-0.25, -0.2) is 0 Å². The maximum Gasteiger partial charge on any atom is 0.0650 e. The van der Waals surface area contributed by atoms with Gasteiger partial charge in [-0.15, -0.1) is 0 Å². The second kappa shape index (κ2) is 4.62. The fourth-order valence-electron chi connectivity index (χ4n) is 3.46. The first-order valence-corrected chi connectivity index (χ1v) is 7.44. The molecule has 2 rings (SSSR count). The van der Waals surface area contributed by atoms with E-state index in [4.69, 9.17) is 0 Å². The predicted octanol–water partition coefficient (Wildman–Crippen LogP) is 3.44. The average molecular weight is 264 g/mol. The van der Waals surface area contributed by atoms with Crippen molar-refractivity contribution >= 4 is 0 Å². The first-order chi connectivity index (χ1) is 8.71. The van der Waals surface area contributed by atoms with E-state index in [1.54, 1.807) is 0 Å². The molecule has 0 bridgehead atoms. The highest BCUT2D eigenvalue weighted by Gasteiger charge is 2.66. The lowest BCUT2D eigenvalue weighted by Gasteiger charge is -2.12. The van der Waals surface area contributed by atoms with Crippen LogP contribution < -0.4 is 0 Å². The molecule has 0 aliphatic heterocycles. The van der Waals surface area contributed by atoms with Crippen LogP contribution in [0.3, 0.4) is 0 Å². The number of aromatic nitrogens is 2. The minimum absolute atomic E-state index is 0.228. The molecule has 2 atom stereocenters. The Labute approximate surface area is 117 Å². The minimum atomic E-state index is -0.287. The van der Waals surface area contributed by atoms with E-state index in [0.29, 0.717) is 18.4 Å². The van der Waals surface area contributed by atoms with Crippen LogP contribution in [-0.4, -0.2) is 21.0 Å². The molecule has 1 fully saturated rings. The second-order valence-electron chi connectivity index (χ2n) is 7.24. The zero-order chi connectivity index (χ0) is 14.4. The third-order valence-corrected chi connectivity index (χ3v) is 5.64. The Bertz CT molecular complexity index is 433. The van der Waals surface area contributed by atoms with E-state index in [1.807, 2.05) is 16.9 Å².